The number of carbonyl (C=O) groups excluding carboxylic acids is 2. The van der Waals surface area contributed by atoms with Crippen LogP contribution in [0.4, 0.5) is 16.3 Å². The third kappa shape index (κ3) is 9.23. The van der Waals surface area contributed by atoms with Gasteiger partial charge in [0.1, 0.15) is 23.4 Å². The molecular weight excluding hydrogens is 540 g/mol. The fourth-order valence-electron chi connectivity index (χ4n) is 4.35. The van der Waals surface area contributed by atoms with Crippen molar-refractivity contribution in [2.24, 2.45) is 0 Å². The third-order valence-electron chi connectivity index (χ3n) is 6.26. The lowest BCUT2D eigenvalue weighted by molar-refractivity contribution is -0.145. The molecule has 0 radical (unpaired) electrons. The van der Waals surface area contributed by atoms with E-state index < -0.39 is 11.6 Å². The van der Waals surface area contributed by atoms with Crippen molar-refractivity contribution in [3.05, 3.63) is 36.3 Å². The Balaban J connectivity index is 1.70. The molecule has 2 aromatic heterocycles. The molecule has 0 atom stereocenters. The maximum atomic E-state index is 12.6. The fourth-order valence-corrected chi connectivity index (χ4v) is 4.35. The Labute approximate surface area is 247 Å². The second kappa shape index (κ2) is 14.7. The van der Waals surface area contributed by atoms with E-state index in [0.29, 0.717) is 41.7 Å². The monoisotopic (exact) mass is 584 g/mol. The molecule has 0 bridgehead atoms. The van der Waals surface area contributed by atoms with Crippen LogP contribution in [-0.4, -0.2) is 88.9 Å². The first kappa shape index (κ1) is 32.5. The molecular formula is C30H44N6O6. The summed E-state index contributed by atoms with van der Waals surface area (Å²) >= 11 is 0. The first-order chi connectivity index (χ1) is 19.9. The third-order valence-corrected chi connectivity index (χ3v) is 6.26. The van der Waals surface area contributed by atoms with Crippen molar-refractivity contribution < 1.29 is 28.5 Å². The average molecular weight is 585 g/mol. The molecule has 0 unspecified atom stereocenters. The van der Waals surface area contributed by atoms with Gasteiger partial charge < -0.3 is 39.0 Å². The summed E-state index contributed by atoms with van der Waals surface area (Å²) < 4.78 is 21.6. The van der Waals surface area contributed by atoms with Gasteiger partial charge in [0.25, 0.3) is 0 Å². The SMILES string of the molecule is CCOC(=O)COc1cc(Nc2ncnc3[nH]cc(CN(C)CCCN(C(=O)OC(C)(C)C)C(C)C)c23)ccc1OC. The number of benzene rings is 1. The number of esters is 1. The van der Waals surface area contributed by atoms with Gasteiger partial charge in [0.15, 0.2) is 18.1 Å². The van der Waals surface area contributed by atoms with E-state index in [1.54, 1.807) is 24.0 Å². The molecule has 3 aromatic rings. The van der Waals surface area contributed by atoms with Crippen molar-refractivity contribution in [1.29, 1.82) is 0 Å². The highest BCUT2D eigenvalue weighted by molar-refractivity contribution is 5.92. The van der Waals surface area contributed by atoms with Crippen LogP contribution >= 0.6 is 0 Å². The normalized spacial score (nSPS) is 11.6. The Bertz CT molecular complexity index is 1340. The number of hydrogen-bond donors (Lipinski definition) is 2. The maximum absolute atomic E-state index is 12.6. The van der Waals surface area contributed by atoms with Crippen LogP contribution in [0.5, 0.6) is 11.5 Å². The topological polar surface area (TPSA) is 131 Å². The summed E-state index contributed by atoms with van der Waals surface area (Å²) in [6.45, 7) is 13.4. The van der Waals surface area contributed by atoms with Gasteiger partial charge in [-0.2, -0.15) is 0 Å². The van der Waals surface area contributed by atoms with Crippen LogP contribution in [0.2, 0.25) is 0 Å². The van der Waals surface area contributed by atoms with E-state index in [4.69, 9.17) is 18.9 Å². The predicted molar refractivity (Wildman–Crippen MR) is 161 cm³/mol. The summed E-state index contributed by atoms with van der Waals surface area (Å²) in [5.74, 6) is 1.06. The van der Waals surface area contributed by atoms with Crippen molar-refractivity contribution in [3.8, 4) is 11.5 Å². The number of ether oxygens (including phenoxy) is 4. The zero-order valence-electron chi connectivity index (χ0n) is 25.9. The highest BCUT2D eigenvalue weighted by Crippen LogP contribution is 2.33. The Morgan fingerprint density at radius 2 is 1.88 bits per heavy atom. The number of rotatable bonds is 14. The van der Waals surface area contributed by atoms with Crippen molar-refractivity contribution in [1.82, 2.24) is 24.8 Å². The number of hydrogen-bond acceptors (Lipinski definition) is 10. The van der Waals surface area contributed by atoms with Crippen molar-refractivity contribution in [3.63, 3.8) is 0 Å². The van der Waals surface area contributed by atoms with Gasteiger partial charge in [0.05, 0.1) is 19.1 Å². The predicted octanol–water partition coefficient (Wildman–Crippen LogP) is 5.12. The molecule has 2 heterocycles. The second-order valence-corrected chi connectivity index (χ2v) is 11.2. The van der Waals surface area contributed by atoms with E-state index in [0.717, 1.165) is 23.9 Å². The number of carbonyl (C=O) groups is 2. The Hall–Kier alpha value is -4.06. The summed E-state index contributed by atoms with van der Waals surface area (Å²) in [6.07, 6.45) is 3.92. The van der Waals surface area contributed by atoms with E-state index in [1.807, 2.05) is 53.9 Å². The number of nitrogens with zero attached hydrogens (tertiary/aromatic N) is 4. The van der Waals surface area contributed by atoms with Gasteiger partial charge in [-0.15, -0.1) is 0 Å². The lowest BCUT2D eigenvalue weighted by Crippen LogP contribution is -2.42. The van der Waals surface area contributed by atoms with Crippen LogP contribution in [0.1, 0.15) is 53.5 Å². The molecule has 230 valence electrons. The van der Waals surface area contributed by atoms with Crippen LogP contribution in [0, 0.1) is 0 Å². The summed E-state index contributed by atoms with van der Waals surface area (Å²) in [7, 11) is 3.58. The van der Waals surface area contributed by atoms with Crippen LogP contribution < -0.4 is 14.8 Å². The first-order valence-corrected chi connectivity index (χ1v) is 14.1. The highest BCUT2D eigenvalue weighted by Gasteiger charge is 2.24. The Morgan fingerprint density at radius 3 is 2.55 bits per heavy atom. The maximum Gasteiger partial charge on any atom is 0.410 e. The molecule has 0 aliphatic rings. The zero-order chi connectivity index (χ0) is 30.9. The number of nitrogens with one attached hydrogen (secondary N) is 2. The Kier molecular flexibility index (Phi) is 11.4. The van der Waals surface area contributed by atoms with Gasteiger partial charge in [-0.3, -0.25) is 0 Å². The van der Waals surface area contributed by atoms with E-state index >= 15 is 0 Å². The van der Waals surface area contributed by atoms with Crippen LogP contribution in [-0.2, 0) is 20.8 Å². The quantitative estimate of drug-likeness (QED) is 0.246. The van der Waals surface area contributed by atoms with Crippen molar-refractivity contribution in [2.75, 3.05) is 45.8 Å². The molecule has 0 saturated carbocycles. The molecule has 12 heteroatoms. The van der Waals surface area contributed by atoms with Crippen LogP contribution in [0.3, 0.4) is 0 Å². The van der Waals surface area contributed by atoms with Gasteiger partial charge >= 0.3 is 12.1 Å². The first-order valence-electron chi connectivity index (χ1n) is 14.1. The average Bonchev–Trinajstić information content (AvgIpc) is 3.32. The minimum Gasteiger partial charge on any atom is -0.493 e. The minimum absolute atomic E-state index is 0.0404. The molecule has 42 heavy (non-hydrogen) atoms. The number of amides is 1. The summed E-state index contributed by atoms with van der Waals surface area (Å²) in [6, 6.07) is 5.38. The fraction of sp³-hybridized carbons (Fsp3) is 0.533. The molecule has 0 spiro atoms. The summed E-state index contributed by atoms with van der Waals surface area (Å²) in [5, 5.41) is 4.22. The Morgan fingerprint density at radius 1 is 1.12 bits per heavy atom. The molecule has 0 saturated heterocycles. The molecule has 12 nitrogen and oxygen atoms in total. The van der Waals surface area contributed by atoms with Gasteiger partial charge in [-0.05, 0) is 79.3 Å². The zero-order valence-corrected chi connectivity index (χ0v) is 25.9. The molecule has 1 aromatic carbocycles. The van der Waals surface area contributed by atoms with Gasteiger partial charge in [-0.1, -0.05) is 0 Å². The number of H-pyrrole nitrogens is 1. The lowest BCUT2D eigenvalue weighted by atomic mass is 10.2. The van der Waals surface area contributed by atoms with Crippen molar-refractivity contribution in [2.45, 2.75) is 66.2 Å². The van der Waals surface area contributed by atoms with Gasteiger partial charge in [0, 0.05) is 37.1 Å². The molecule has 0 aliphatic heterocycles. The van der Waals surface area contributed by atoms with Crippen molar-refractivity contribution >= 4 is 34.6 Å². The van der Waals surface area contributed by atoms with Gasteiger partial charge in [0.2, 0.25) is 0 Å². The minimum atomic E-state index is -0.535. The molecule has 0 fully saturated rings. The highest BCUT2D eigenvalue weighted by atomic mass is 16.6. The van der Waals surface area contributed by atoms with Gasteiger partial charge in [-0.25, -0.2) is 19.6 Å². The van der Waals surface area contributed by atoms with E-state index in [2.05, 4.69) is 25.2 Å². The molecule has 0 aliphatic carbocycles. The van der Waals surface area contributed by atoms with Crippen LogP contribution in [0.25, 0.3) is 11.0 Å². The standard InChI is InChI=1S/C30H44N6O6/c1-9-40-25(37)18-41-24-15-22(11-12-23(24)39-8)34-28-26-21(16-31-27(26)32-19-33-28)17-35(7)13-10-14-36(20(2)3)29(38)42-30(4,5)6/h11-12,15-16,19-20H,9-10,13-14,17-18H2,1-8H3,(H2,31,32,33,34). The second-order valence-electron chi connectivity index (χ2n) is 11.2. The van der Waals surface area contributed by atoms with E-state index in [-0.39, 0.29) is 25.3 Å². The molecule has 3 rings (SSSR count). The number of aromatic nitrogens is 3. The van der Waals surface area contributed by atoms with E-state index in [1.165, 1.54) is 13.4 Å². The molecule has 2 N–H and O–H groups in total. The number of methoxy groups -OCH3 is 1. The number of aromatic amines is 1. The summed E-state index contributed by atoms with van der Waals surface area (Å²) in [5.41, 5.74) is 1.90. The van der Waals surface area contributed by atoms with Crippen LogP contribution in [0.15, 0.2) is 30.7 Å². The number of fused-ring (bicyclic) bond motifs is 1. The smallest absolute Gasteiger partial charge is 0.410 e. The largest absolute Gasteiger partial charge is 0.493 e. The lowest BCUT2D eigenvalue weighted by Gasteiger charge is -2.30. The van der Waals surface area contributed by atoms with E-state index in [9.17, 15) is 9.59 Å². The summed E-state index contributed by atoms with van der Waals surface area (Å²) in [4.78, 5) is 40.5. The molecule has 1 amide bonds. The number of anilines is 2.